The predicted octanol–water partition coefficient (Wildman–Crippen LogP) is 1.12. The molecule has 0 saturated heterocycles. The Kier molecular flexibility index (Phi) is 4.98. The van der Waals surface area contributed by atoms with Gasteiger partial charge < -0.3 is 14.6 Å². The van der Waals surface area contributed by atoms with Crippen molar-refractivity contribution in [2.45, 2.75) is 32.9 Å². The Morgan fingerprint density at radius 1 is 1.62 bits per heavy atom. The van der Waals surface area contributed by atoms with Gasteiger partial charge in [-0.3, -0.25) is 0 Å². The van der Waals surface area contributed by atoms with Crippen molar-refractivity contribution in [1.29, 1.82) is 0 Å². The van der Waals surface area contributed by atoms with E-state index in [4.69, 9.17) is 4.74 Å². The molecule has 5 heteroatoms. The highest BCUT2D eigenvalue weighted by Crippen LogP contribution is 2.15. The lowest BCUT2D eigenvalue weighted by molar-refractivity contribution is -0.147. The fraction of sp³-hybridized carbons (Fsp3) is 0.636. The number of nitrogens with zero attached hydrogens (tertiary/aromatic N) is 2. The first kappa shape index (κ1) is 12.7. The fourth-order valence-corrected chi connectivity index (χ4v) is 1.64. The van der Waals surface area contributed by atoms with Crippen LogP contribution in [0.5, 0.6) is 0 Å². The molecule has 0 aromatic carbocycles. The normalized spacial score (nSPS) is 12.4. The zero-order valence-electron chi connectivity index (χ0n) is 10.1. The fourth-order valence-electron chi connectivity index (χ4n) is 1.64. The first-order valence-corrected chi connectivity index (χ1v) is 5.57. The van der Waals surface area contributed by atoms with Crippen LogP contribution in [0.4, 0.5) is 0 Å². The number of hydrogen-bond acceptors (Lipinski definition) is 4. The molecule has 0 saturated carbocycles. The van der Waals surface area contributed by atoms with E-state index >= 15 is 0 Å². The van der Waals surface area contributed by atoms with Crippen LogP contribution in [0.3, 0.4) is 0 Å². The number of carbonyl (C=O) groups excluding carboxylic acids is 1. The summed E-state index contributed by atoms with van der Waals surface area (Å²) < 4.78 is 6.91. The smallest absolute Gasteiger partial charge is 0.329 e. The van der Waals surface area contributed by atoms with Crippen molar-refractivity contribution in [3.05, 3.63) is 18.2 Å². The number of ether oxygens (including phenoxy) is 1. The van der Waals surface area contributed by atoms with Gasteiger partial charge in [-0.2, -0.15) is 0 Å². The standard InChI is InChI=1S/C11H19N3O2/c1-4-9(11(15)16-5-2)14-7-6-13-10(14)8-12-3/h6-7,9,12H,4-5,8H2,1-3H3. The van der Waals surface area contributed by atoms with E-state index in [0.29, 0.717) is 19.6 Å². The van der Waals surface area contributed by atoms with E-state index in [1.54, 1.807) is 6.20 Å². The van der Waals surface area contributed by atoms with E-state index in [1.807, 2.05) is 31.7 Å². The molecule has 5 nitrogen and oxygen atoms in total. The van der Waals surface area contributed by atoms with Gasteiger partial charge in [0.15, 0.2) is 0 Å². The van der Waals surface area contributed by atoms with Gasteiger partial charge in [0.25, 0.3) is 0 Å². The van der Waals surface area contributed by atoms with Crippen LogP contribution in [0.25, 0.3) is 0 Å². The first-order valence-electron chi connectivity index (χ1n) is 5.57. The Hall–Kier alpha value is -1.36. The summed E-state index contributed by atoms with van der Waals surface area (Å²) in [7, 11) is 1.85. The van der Waals surface area contributed by atoms with Gasteiger partial charge in [0.2, 0.25) is 0 Å². The molecule has 1 rings (SSSR count). The number of imidazole rings is 1. The van der Waals surface area contributed by atoms with E-state index in [-0.39, 0.29) is 12.0 Å². The van der Waals surface area contributed by atoms with Gasteiger partial charge >= 0.3 is 5.97 Å². The SMILES string of the molecule is CCOC(=O)C(CC)n1ccnc1CNC. The van der Waals surface area contributed by atoms with Gasteiger partial charge in [0.05, 0.1) is 13.2 Å². The van der Waals surface area contributed by atoms with E-state index in [2.05, 4.69) is 10.3 Å². The number of rotatable bonds is 6. The summed E-state index contributed by atoms with van der Waals surface area (Å²) in [6, 6.07) is -0.272. The van der Waals surface area contributed by atoms with Crippen molar-refractivity contribution in [2.75, 3.05) is 13.7 Å². The minimum absolute atomic E-state index is 0.194. The number of carbonyl (C=O) groups is 1. The highest BCUT2D eigenvalue weighted by molar-refractivity contribution is 5.74. The Labute approximate surface area is 95.8 Å². The molecule has 0 aliphatic heterocycles. The van der Waals surface area contributed by atoms with Gasteiger partial charge in [-0.05, 0) is 20.4 Å². The lowest BCUT2D eigenvalue weighted by atomic mass is 10.2. The maximum absolute atomic E-state index is 11.7. The van der Waals surface area contributed by atoms with Gasteiger partial charge in [0, 0.05) is 12.4 Å². The van der Waals surface area contributed by atoms with Crippen LogP contribution >= 0.6 is 0 Å². The molecule has 1 aromatic rings. The number of hydrogen-bond donors (Lipinski definition) is 1. The van der Waals surface area contributed by atoms with Crippen LogP contribution in [0, 0.1) is 0 Å². The Morgan fingerprint density at radius 3 is 2.94 bits per heavy atom. The minimum atomic E-state index is -0.272. The predicted molar refractivity (Wildman–Crippen MR) is 61.0 cm³/mol. The van der Waals surface area contributed by atoms with Crippen LogP contribution in [0.2, 0.25) is 0 Å². The van der Waals surface area contributed by atoms with Crippen LogP contribution in [0.15, 0.2) is 12.4 Å². The minimum Gasteiger partial charge on any atom is -0.464 e. The third kappa shape index (κ3) is 2.82. The average Bonchev–Trinajstić information content (AvgIpc) is 2.69. The molecule has 0 aliphatic rings. The van der Waals surface area contributed by atoms with Gasteiger partial charge in [-0.1, -0.05) is 6.92 Å². The molecule has 0 bridgehead atoms. The van der Waals surface area contributed by atoms with Gasteiger partial charge in [-0.25, -0.2) is 9.78 Å². The third-order valence-electron chi connectivity index (χ3n) is 2.36. The maximum Gasteiger partial charge on any atom is 0.329 e. The van der Waals surface area contributed by atoms with Crippen LogP contribution in [-0.4, -0.2) is 29.2 Å². The number of nitrogens with one attached hydrogen (secondary N) is 1. The van der Waals surface area contributed by atoms with Crippen molar-refractivity contribution in [1.82, 2.24) is 14.9 Å². The molecular formula is C11H19N3O2. The Morgan fingerprint density at radius 2 is 2.38 bits per heavy atom. The molecule has 1 atom stereocenters. The van der Waals surface area contributed by atoms with E-state index in [1.165, 1.54) is 0 Å². The summed E-state index contributed by atoms with van der Waals surface area (Å²) in [6.07, 6.45) is 4.22. The molecule has 1 heterocycles. The number of esters is 1. The second-order valence-corrected chi connectivity index (χ2v) is 3.46. The maximum atomic E-state index is 11.7. The van der Waals surface area contributed by atoms with E-state index in [9.17, 15) is 4.79 Å². The topological polar surface area (TPSA) is 56.2 Å². The second kappa shape index (κ2) is 6.27. The van der Waals surface area contributed by atoms with Crippen LogP contribution < -0.4 is 5.32 Å². The van der Waals surface area contributed by atoms with Crippen molar-refractivity contribution in [3.63, 3.8) is 0 Å². The molecule has 0 spiro atoms. The van der Waals surface area contributed by atoms with Gasteiger partial charge in [0.1, 0.15) is 11.9 Å². The lowest BCUT2D eigenvalue weighted by Crippen LogP contribution is -2.24. The highest BCUT2D eigenvalue weighted by Gasteiger charge is 2.21. The van der Waals surface area contributed by atoms with E-state index < -0.39 is 0 Å². The summed E-state index contributed by atoms with van der Waals surface area (Å²) in [4.78, 5) is 15.9. The largest absolute Gasteiger partial charge is 0.464 e. The van der Waals surface area contributed by atoms with Crippen LogP contribution in [-0.2, 0) is 16.1 Å². The monoisotopic (exact) mass is 225 g/mol. The summed E-state index contributed by atoms with van der Waals surface area (Å²) in [5.74, 6) is 0.655. The van der Waals surface area contributed by atoms with Crippen molar-refractivity contribution in [3.8, 4) is 0 Å². The average molecular weight is 225 g/mol. The molecule has 0 radical (unpaired) electrons. The summed E-state index contributed by atoms with van der Waals surface area (Å²) in [5.41, 5.74) is 0. The third-order valence-corrected chi connectivity index (χ3v) is 2.36. The summed E-state index contributed by atoms with van der Waals surface area (Å²) in [6.45, 7) is 4.83. The van der Waals surface area contributed by atoms with Crippen molar-refractivity contribution in [2.24, 2.45) is 0 Å². The quantitative estimate of drug-likeness (QED) is 0.737. The first-order chi connectivity index (χ1) is 7.74. The summed E-state index contributed by atoms with van der Waals surface area (Å²) in [5, 5.41) is 3.02. The summed E-state index contributed by atoms with van der Waals surface area (Å²) >= 11 is 0. The molecule has 1 unspecified atom stereocenters. The molecule has 1 aromatic heterocycles. The molecular weight excluding hydrogens is 206 g/mol. The molecule has 16 heavy (non-hydrogen) atoms. The van der Waals surface area contributed by atoms with Crippen LogP contribution in [0.1, 0.15) is 32.1 Å². The molecule has 0 fully saturated rings. The lowest BCUT2D eigenvalue weighted by Gasteiger charge is -2.17. The molecule has 1 N–H and O–H groups in total. The van der Waals surface area contributed by atoms with E-state index in [0.717, 1.165) is 5.82 Å². The molecule has 90 valence electrons. The molecule has 0 amide bonds. The zero-order valence-corrected chi connectivity index (χ0v) is 10.1. The Balaban J connectivity index is 2.85. The molecule has 0 aliphatic carbocycles. The Bertz CT molecular complexity index is 336. The van der Waals surface area contributed by atoms with Gasteiger partial charge in [-0.15, -0.1) is 0 Å². The number of aromatic nitrogens is 2. The zero-order chi connectivity index (χ0) is 12.0. The van der Waals surface area contributed by atoms with Crippen molar-refractivity contribution >= 4 is 5.97 Å². The second-order valence-electron chi connectivity index (χ2n) is 3.46. The van der Waals surface area contributed by atoms with Crippen molar-refractivity contribution < 1.29 is 9.53 Å². The highest BCUT2D eigenvalue weighted by atomic mass is 16.5.